The Hall–Kier alpha value is -2.63. The third-order valence-corrected chi connectivity index (χ3v) is 16.1. The van der Waals surface area contributed by atoms with E-state index in [0.29, 0.717) is 19.3 Å². The molecule has 1 unspecified atom stereocenters. The van der Waals surface area contributed by atoms with Crippen LogP contribution in [0.4, 0.5) is 0 Å². The highest BCUT2D eigenvalue weighted by Gasteiger charge is 2.19. The summed E-state index contributed by atoms with van der Waals surface area (Å²) in [4.78, 5) is 38.4. The third kappa shape index (κ3) is 66.2. The predicted molar refractivity (Wildman–Crippen MR) is 349 cm³/mol. The first-order valence-corrected chi connectivity index (χ1v) is 35.6. The molecule has 0 spiro atoms. The summed E-state index contributed by atoms with van der Waals surface area (Å²) in [5.41, 5.74) is 0. The number of allylic oxidation sites excluding steroid dienone is 8. The van der Waals surface area contributed by atoms with Crippen molar-refractivity contribution in [1.29, 1.82) is 0 Å². The lowest BCUT2D eigenvalue weighted by Crippen LogP contribution is -2.30. The van der Waals surface area contributed by atoms with Crippen molar-refractivity contribution >= 4 is 17.9 Å². The largest absolute Gasteiger partial charge is 0.462 e. The second-order valence-electron chi connectivity index (χ2n) is 24.1. The number of ether oxygens (including phenoxy) is 3. The molecular weight excluding hydrogens is 985 g/mol. The summed E-state index contributed by atoms with van der Waals surface area (Å²) < 4.78 is 17.0. The van der Waals surface area contributed by atoms with Crippen molar-refractivity contribution in [2.45, 2.75) is 393 Å². The van der Waals surface area contributed by atoms with Crippen molar-refractivity contribution < 1.29 is 28.6 Å². The first-order chi connectivity index (χ1) is 39.5. The van der Waals surface area contributed by atoms with Crippen molar-refractivity contribution in [2.75, 3.05) is 13.2 Å². The Balaban J connectivity index is 4.10. The number of carbonyl (C=O) groups excluding carboxylic acids is 3. The van der Waals surface area contributed by atoms with E-state index in [1.807, 2.05) is 0 Å². The minimum Gasteiger partial charge on any atom is -0.462 e. The average molecular weight is 1120 g/mol. The minimum atomic E-state index is -0.767. The van der Waals surface area contributed by atoms with E-state index in [1.165, 1.54) is 263 Å². The summed E-state index contributed by atoms with van der Waals surface area (Å²) in [6, 6.07) is 0. The van der Waals surface area contributed by atoms with Crippen LogP contribution in [0.5, 0.6) is 0 Å². The molecule has 0 aromatic rings. The van der Waals surface area contributed by atoms with Crippen LogP contribution in [-0.4, -0.2) is 37.2 Å². The van der Waals surface area contributed by atoms with Gasteiger partial charge in [0.1, 0.15) is 13.2 Å². The van der Waals surface area contributed by atoms with Crippen molar-refractivity contribution in [3.63, 3.8) is 0 Å². The van der Waals surface area contributed by atoms with Crippen LogP contribution in [0.2, 0.25) is 0 Å². The van der Waals surface area contributed by atoms with Gasteiger partial charge in [-0.25, -0.2) is 0 Å². The van der Waals surface area contributed by atoms with E-state index in [0.717, 1.165) is 83.5 Å². The van der Waals surface area contributed by atoms with E-state index in [-0.39, 0.29) is 31.1 Å². The van der Waals surface area contributed by atoms with Crippen molar-refractivity contribution in [1.82, 2.24) is 0 Å². The lowest BCUT2D eigenvalue weighted by atomic mass is 10.0. The van der Waals surface area contributed by atoms with Gasteiger partial charge in [-0.1, -0.05) is 358 Å². The molecule has 0 saturated carbocycles. The molecule has 0 amide bonds. The first kappa shape index (κ1) is 77.4. The van der Waals surface area contributed by atoms with Crippen LogP contribution >= 0.6 is 0 Å². The second kappa shape index (κ2) is 68.9. The summed E-state index contributed by atoms with van der Waals surface area (Å²) in [5.74, 6) is -0.833. The Morgan fingerprint density at radius 2 is 0.487 bits per heavy atom. The highest BCUT2D eigenvalue weighted by molar-refractivity contribution is 5.71. The van der Waals surface area contributed by atoms with Crippen LogP contribution in [-0.2, 0) is 28.6 Å². The zero-order chi connectivity index (χ0) is 57.8. The summed E-state index contributed by atoms with van der Waals surface area (Å²) in [5, 5.41) is 0. The van der Waals surface area contributed by atoms with Crippen molar-refractivity contribution in [3.8, 4) is 0 Å². The van der Waals surface area contributed by atoms with Crippen LogP contribution in [0, 0.1) is 0 Å². The molecule has 6 heteroatoms. The molecule has 6 nitrogen and oxygen atoms in total. The number of hydrogen-bond acceptors (Lipinski definition) is 6. The Morgan fingerprint density at radius 1 is 0.263 bits per heavy atom. The Morgan fingerprint density at radius 3 is 0.762 bits per heavy atom. The quantitative estimate of drug-likeness (QED) is 0.0261. The van der Waals surface area contributed by atoms with Gasteiger partial charge in [0.15, 0.2) is 6.10 Å². The molecule has 0 aliphatic carbocycles. The molecule has 0 N–H and O–H groups in total. The van der Waals surface area contributed by atoms with Gasteiger partial charge in [0.05, 0.1) is 0 Å². The fraction of sp³-hybridized carbons (Fsp3) is 0.851. The SMILES string of the molecule is CC/C=C\C/C=C\C/C=C\C/C=C\CCCCCCCCCCCCCCCCCCCCCCC(=O)OCC(COC(=O)CCCCCCCCCCCCCCCC)OC(=O)CCCCCCCCCCCCCCCCC. The monoisotopic (exact) mass is 1120 g/mol. The van der Waals surface area contributed by atoms with Gasteiger partial charge < -0.3 is 14.2 Å². The molecular formula is C74H136O6. The van der Waals surface area contributed by atoms with Gasteiger partial charge in [0.2, 0.25) is 0 Å². The summed E-state index contributed by atoms with van der Waals surface area (Å²) in [6.07, 6.45) is 87.2. The Bertz CT molecular complexity index is 1380. The highest BCUT2D eigenvalue weighted by Crippen LogP contribution is 2.19. The lowest BCUT2D eigenvalue weighted by molar-refractivity contribution is -0.167. The third-order valence-electron chi connectivity index (χ3n) is 16.1. The number of hydrogen-bond donors (Lipinski definition) is 0. The number of carbonyl (C=O) groups is 3. The van der Waals surface area contributed by atoms with Crippen LogP contribution in [0.15, 0.2) is 48.6 Å². The summed E-state index contributed by atoms with van der Waals surface area (Å²) in [6.45, 7) is 6.60. The van der Waals surface area contributed by atoms with Gasteiger partial charge in [-0.2, -0.15) is 0 Å². The maximum Gasteiger partial charge on any atom is 0.306 e. The molecule has 0 aromatic carbocycles. The standard InChI is InChI=1S/C74H136O6/c1-4-7-10-13-16-19-22-25-28-29-30-31-32-33-34-35-36-37-38-39-40-41-42-43-44-45-47-49-52-55-58-61-64-67-73(76)79-70-71(69-78-72(75)66-63-60-57-54-51-48-27-24-21-18-15-12-9-6-3)80-74(77)68-65-62-59-56-53-50-46-26-23-20-17-14-11-8-5-2/h7,10,16,19,25,28,30-31,71H,4-6,8-9,11-15,17-18,20-24,26-27,29,32-70H2,1-3H3/b10-7-,19-16-,28-25-,31-30-. The number of esters is 3. The zero-order valence-corrected chi connectivity index (χ0v) is 53.9. The van der Waals surface area contributed by atoms with Gasteiger partial charge in [0.25, 0.3) is 0 Å². The lowest BCUT2D eigenvalue weighted by Gasteiger charge is -2.18. The van der Waals surface area contributed by atoms with E-state index in [1.54, 1.807) is 0 Å². The Labute approximate surface area is 498 Å². The minimum absolute atomic E-state index is 0.0643. The predicted octanol–water partition coefficient (Wildman–Crippen LogP) is 24.5. The first-order valence-electron chi connectivity index (χ1n) is 35.6. The van der Waals surface area contributed by atoms with Crippen LogP contribution in [0.1, 0.15) is 387 Å². The van der Waals surface area contributed by atoms with Gasteiger partial charge in [-0.3, -0.25) is 14.4 Å². The van der Waals surface area contributed by atoms with E-state index >= 15 is 0 Å². The molecule has 0 aliphatic heterocycles. The molecule has 1 atom stereocenters. The maximum atomic E-state index is 12.9. The van der Waals surface area contributed by atoms with E-state index in [9.17, 15) is 14.4 Å². The van der Waals surface area contributed by atoms with Crippen LogP contribution in [0.25, 0.3) is 0 Å². The molecule has 0 fully saturated rings. The van der Waals surface area contributed by atoms with E-state index < -0.39 is 6.10 Å². The second-order valence-corrected chi connectivity index (χ2v) is 24.1. The number of unbranched alkanes of at least 4 members (excludes halogenated alkanes) is 47. The maximum absolute atomic E-state index is 12.9. The molecule has 0 radical (unpaired) electrons. The molecule has 468 valence electrons. The fourth-order valence-corrected chi connectivity index (χ4v) is 10.8. The van der Waals surface area contributed by atoms with E-state index in [2.05, 4.69) is 69.4 Å². The molecule has 0 saturated heterocycles. The topological polar surface area (TPSA) is 78.9 Å². The normalized spacial score (nSPS) is 12.3. The molecule has 0 aromatic heterocycles. The highest BCUT2D eigenvalue weighted by atomic mass is 16.6. The summed E-state index contributed by atoms with van der Waals surface area (Å²) >= 11 is 0. The molecule has 0 bridgehead atoms. The summed E-state index contributed by atoms with van der Waals surface area (Å²) in [7, 11) is 0. The van der Waals surface area contributed by atoms with Crippen molar-refractivity contribution in [3.05, 3.63) is 48.6 Å². The van der Waals surface area contributed by atoms with Crippen LogP contribution in [0.3, 0.4) is 0 Å². The number of rotatable bonds is 66. The molecule has 0 rings (SSSR count). The van der Waals surface area contributed by atoms with Crippen LogP contribution < -0.4 is 0 Å². The van der Waals surface area contributed by atoms with Gasteiger partial charge >= 0.3 is 17.9 Å². The van der Waals surface area contributed by atoms with E-state index in [4.69, 9.17) is 14.2 Å². The van der Waals surface area contributed by atoms with Gasteiger partial charge in [-0.15, -0.1) is 0 Å². The smallest absolute Gasteiger partial charge is 0.306 e. The zero-order valence-electron chi connectivity index (χ0n) is 53.9. The fourth-order valence-electron chi connectivity index (χ4n) is 10.8. The van der Waals surface area contributed by atoms with Gasteiger partial charge in [0, 0.05) is 19.3 Å². The van der Waals surface area contributed by atoms with Crippen molar-refractivity contribution in [2.24, 2.45) is 0 Å². The Kier molecular flexibility index (Phi) is 66.6. The molecule has 80 heavy (non-hydrogen) atoms. The molecule has 0 aliphatic rings. The molecule has 0 heterocycles. The van der Waals surface area contributed by atoms with Gasteiger partial charge in [-0.05, 0) is 57.8 Å². The average Bonchev–Trinajstić information content (AvgIpc) is 3.46.